The predicted octanol–water partition coefficient (Wildman–Crippen LogP) is 2.41. The molecule has 1 unspecified atom stereocenters. The quantitative estimate of drug-likeness (QED) is 0.926. The standard InChI is InChI=1S/C16H26N2O3/c1-5-16(10-19)6-8-18(9-7-16)15(20)11(2)14-12(3)17-21-13(14)4/h11,19H,5-10H2,1-4H3. The molecule has 1 saturated heterocycles. The van der Waals surface area contributed by atoms with Crippen molar-refractivity contribution in [2.45, 2.75) is 52.9 Å². The highest BCUT2D eigenvalue weighted by atomic mass is 16.5. The van der Waals surface area contributed by atoms with Gasteiger partial charge >= 0.3 is 0 Å². The molecule has 1 aliphatic rings. The van der Waals surface area contributed by atoms with E-state index in [0.717, 1.165) is 49.4 Å². The second-order valence-corrected chi connectivity index (χ2v) is 6.30. The van der Waals surface area contributed by atoms with E-state index in [4.69, 9.17) is 4.52 Å². The van der Waals surface area contributed by atoms with Crippen molar-refractivity contribution >= 4 is 5.91 Å². The lowest BCUT2D eigenvalue weighted by atomic mass is 9.76. The molecular formula is C16H26N2O3. The normalized spacial score (nSPS) is 19.6. The second kappa shape index (κ2) is 6.18. The van der Waals surface area contributed by atoms with E-state index in [-0.39, 0.29) is 23.8 Å². The van der Waals surface area contributed by atoms with Crippen molar-refractivity contribution in [2.75, 3.05) is 19.7 Å². The molecule has 21 heavy (non-hydrogen) atoms. The fourth-order valence-corrected chi connectivity index (χ4v) is 3.33. The van der Waals surface area contributed by atoms with Gasteiger partial charge in [0, 0.05) is 25.3 Å². The molecular weight excluding hydrogens is 268 g/mol. The van der Waals surface area contributed by atoms with Crippen LogP contribution in [0.2, 0.25) is 0 Å². The number of hydrogen-bond donors (Lipinski definition) is 1. The van der Waals surface area contributed by atoms with Gasteiger partial charge < -0.3 is 14.5 Å². The molecule has 1 aliphatic heterocycles. The molecule has 1 aromatic heterocycles. The van der Waals surface area contributed by atoms with E-state index in [2.05, 4.69) is 12.1 Å². The molecule has 2 rings (SSSR count). The Morgan fingerprint density at radius 2 is 2.05 bits per heavy atom. The summed E-state index contributed by atoms with van der Waals surface area (Å²) >= 11 is 0. The molecule has 5 nitrogen and oxygen atoms in total. The third kappa shape index (κ3) is 2.98. The number of aliphatic hydroxyl groups excluding tert-OH is 1. The maximum Gasteiger partial charge on any atom is 0.230 e. The highest BCUT2D eigenvalue weighted by molar-refractivity contribution is 5.84. The van der Waals surface area contributed by atoms with Crippen LogP contribution in [-0.2, 0) is 4.79 Å². The summed E-state index contributed by atoms with van der Waals surface area (Å²) in [6, 6.07) is 0. The summed E-state index contributed by atoms with van der Waals surface area (Å²) in [4.78, 5) is 14.6. The molecule has 0 aliphatic carbocycles. The van der Waals surface area contributed by atoms with Crippen LogP contribution < -0.4 is 0 Å². The van der Waals surface area contributed by atoms with Crippen molar-refractivity contribution in [1.29, 1.82) is 0 Å². The minimum Gasteiger partial charge on any atom is -0.396 e. The van der Waals surface area contributed by atoms with E-state index in [1.165, 1.54) is 0 Å². The summed E-state index contributed by atoms with van der Waals surface area (Å²) in [5.74, 6) is 0.634. The highest BCUT2D eigenvalue weighted by Gasteiger charge is 2.36. The lowest BCUT2D eigenvalue weighted by Gasteiger charge is -2.41. The van der Waals surface area contributed by atoms with Crippen LogP contribution in [0.25, 0.3) is 0 Å². The van der Waals surface area contributed by atoms with Crippen molar-refractivity contribution in [3.05, 3.63) is 17.0 Å². The number of rotatable bonds is 4. The Hall–Kier alpha value is -1.36. The van der Waals surface area contributed by atoms with E-state index in [1.54, 1.807) is 0 Å². The molecule has 0 saturated carbocycles. The van der Waals surface area contributed by atoms with Gasteiger partial charge in [-0.2, -0.15) is 0 Å². The highest BCUT2D eigenvalue weighted by Crippen LogP contribution is 2.35. The number of aryl methyl sites for hydroxylation is 2. The summed E-state index contributed by atoms with van der Waals surface area (Å²) in [7, 11) is 0. The van der Waals surface area contributed by atoms with Crippen LogP contribution in [0.4, 0.5) is 0 Å². The zero-order chi connectivity index (χ0) is 15.6. The first-order valence-corrected chi connectivity index (χ1v) is 7.76. The fourth-order valence-electron chi connectivity index (χ4n) is 3.33. The minimum atomic E-state index is -0.223. The number of carbonyl (C=O) groups is 1. The number of amides is 1. The second-order valence-electron chi connectivity index (χ2n) is 6.30. The maximum absolute atomic E-state index is 12.7. The Labute approximate surface area is 126 Å². The molecule has 0 aromatic carbocycles. The fraction of sp³-hybridized carbons (Fsp3) is 0.750. The number of nitrogens with zero attached hydrogens (tertiary/aromatic N) is 2. The van der Waals surface area contributed by atoms with Gasteiger partial charge in [-0.15, -0.1) is 0 Å². The average molecular weight is 294 g/mol. The number of likely N-dealkylation sites (tertiary alicyclic amines) is 1. The van der Waals surface area contributed by atoms with Crippen LogP contribution >= 0.6 is 0 Å². The first-order valence-electron chi connectivity index (χ1n) is 7.76. The monoisotopic (exact) mass is 294 g/mol. The third-order valence-electron chi connectivity index (χ3n) is 5.11. The van der Waals surface area contributed by atoms with E-state index < -0.39 is 0 Å². The van der Waals surface area contributed by atoms with Gasteiger partial charge in [-0.25, -0.2) is 0 Å². The lowest BCUT2D eigenvalue weighted by Crippen LogP contribution is -2.45. The topological polar surface area (TPSA) is 66.6 Å². The van der Waals surface area contributed by atoms with E-state index in [9.17, 15) is 9.90 Å². The van der Waals surface area contributed by atoms with Crippen molar-refractivity contribution in [3.8, 4) is 0 Å². The number of piperidine rings is 1. The molecule has 0 bridgehead atoms. The van der Waals surface area contributed by atoms with Gasteiger partial charge in [0.25, 0.3) is 0 Å². The molecule has 0 spiro atoms. The summed E-state index contributed by atoms with van der Waals surface area (Å²) in [5.41, 5.74) is 1.71. The largest absolute Gasteiger partial charge is 0.396 e. The van der Waals surface area contributed by atoms with Crippen LogP contribution in [0.3, 0.4) is 0 Å². The number of aliphatic hydroxyl groups is 1. The zero-order valence-electron chi connectivity index (χ0n) is 13.5. The first kappa shape index (κ1) is 16.0. The smallest absolute Gasteiger partial charge is 0.230 e. The SMILES string of the molecule is CCC1(CO)CCN(C(=O)C(C)c2c(C)noc2C)CC1. The van der Waals surface area contributed by atoms with Crippen LogP contribution in [0.15, 0.2) is 4.52 Å². The molecule has 1 fully saturated rings. The summed E-state index contributed by atoms with van der Waals surface area (Å²) in [6.45, 7) is 9.42. The Morgan fingerprint density at radius 3 is 2.48 bits per heavy atom. The molecule has 0 radical (unpaired) electrons. The molecule has 5 heteroatoms. The van der Waals surface area contributed by atoms with Crippen LogP contribution in [-0.4, -0.2) is 40.8 Å². The summed E-state index contributed by atoms with van der Waals surface area (Å²) < 4.78 is 5.17. The molecule has 1 amide bonds. The van der Waals surface area contributed by atoms with Gasteiger partial charge in [0.15, 0.2) is 0 Å². The lowest BCUT2D eigenvalue weighted by molar-refractivity contribution is -0.135. The maximum atomic E-state index is 12.7. The van der Waals surface area contributed by atoms with E-state index in [1.807, 2.05) is 25.7 Å². The number of aromatic nitrogens is 1. The van der Waals surface area contributed by atoms with E-state index >= 15 is 0 Å². The van der Waals surface area contributed by atoms with Crippen molar-refractivity contribution in [3.63, 3.8) is 0 Å². The molecule has 1 aromatic rings. The average Bonchev–Trinajstić information content (AvgIpc) is 2.85. The zero-order valence-corrected chi connectivity index (χ0v) is 13.5. The molecule has 2 heterocycles. The Morgan fingerprint density at radius 1 is 1.43 bits per heavy atom. The van der Waals surface area contributed by atoms with Crippen LogP contribution in [0, 0.1) is 19.3 Å². The Balaban J connectivity index is 2.05. The van der Waals surface area contributed by atoms with Crippen molar-refractivity contribution in [1.82, 2.24) is 10.1 Å². The first-order chi connectivity index (χ1) is 9.94. The molecule has 1 atom stereocenters. The van der Waals surface area contributed by atoms with E-state index in [0.29, 0.717) is 0 Å². The Kier molecular flexibility index (Phi) is 4.71. The molecule has 1 N–H and O–H groups in total. The van der Waals surface area contributed by atoms with Gasteiger partial charge in [-0.1, -0.05) is 12.1 Å². The van der Waals surface area contributed by atoms with Crippen LogP contribution in [0.1, 0.15) is 56.0 Å². The van der Waals surface area contributed by atoms with Crippen LogP contribution in [0.5, 0.6) is 0 Å². The van der Waals surface area contributed by atoms with Gasteiger partial charge in [-0.05, 0) is 45.4 Å². The van der Waals surface area contributed by atoms with Crippen molar-refractivity contribution in [2.24, 2.45) is 5.41 Å². The van der Waals surface area contributed by atoms with Crippen molar-refractivity contribution < 1.29 is 14.4 Å². The predicted molar refractivity (Wildman–Crippen MR) is 80.0 cm³/mol. The van der Waals surface area contributed by atoms with Gasteiger partial charge in [0.1, 0.15) is 5.76 Å². The Bertz CT molecular complexity index is 476. The van der Waals surface area contributed by atoms with Gasteiger partial charge in [-0.3, -0.25) is 4.79 Å². The summed E-state index contributed by atoms with van der Waals surface area (Å²) in [5, 5.41) is 13.5. The minimum absolute atomic E-state index is 0.00302. The van der Waals surface area contributed by atoms with Gasteiger partial charge in [0.05, 0.1) is 11.6 Å². The number of carbonyl (C=O) groups excluding carboxylic acids is 1. The number of hydrogen-bond acceptors (Lipinski definition) is 4. The molecule has 118 valence electrons. The summed E-state index contributed by atoms with van der Waals surface area (Å²) in [6.07, 6.45) is 2.71. The third-order valence-corrected chi connectivity index (χ3v) is 5.11. The van der Waals surface area contributed by atoms with Gasteiger partial charge in [0.2, 0.25) is 5.91 Å².